The van der Waals surface area contributed by atoms with Crippen molar-refractivity contribution in [2.45, 2.75) is 25.3 Å². The standard InChI is InChI=1S/C26H32N4O7S2/c1-4-36-17-16-30-22-11-8-20(35-3)18-23(22)38-25(30)27-24(31)19-6-9-21(10-7-19)39(33,34)29-14-12-28(13-15-29)26(32)37-5-2/h6-11,18H,4-5,12-17H2,1-3H3. The molecular formula is C26H32N4O7S2. The smallest absolute Gasteiger partial charge is 0.409 e. The lowest BCUT2D eigenvalue weighted by Crippen LogP contribution is -2.50. The number of aromatic nitrogens is 1. The summed E-state index contributed by atoms with van der Waals surface area (Å²) in [4.78, 5) is 31.4. The van der Waals surface area contributed by atoms with Crippen LogP contribution in [0.3, 0.4) is 0 Å². The molecule has 0 aliphatic carbocycles. The number of carbonyl (C=O) groups excluding carboxylic acids is 2. The van der Waals surface area contributed by atoms with Crippen molar-refractivity contribution in [2.24, 2.45) is 4.99 Å². The molecule has 1 aliphatic rings. The fourth-order valence-electron chi connectivity index (χ4n) is 4.18. The van der Waals surface area contributed by atoms with Crippen molar-refractivity contribution in [2.75, 3.05) is 53.1 Å². The molecule has 3 aromatic rings. The summed E-state index contributed by atoms with van der Waals surface area (Å²) in [6, 6.07) is 11.4. The van der Waals surface area contributed by atoms with Gasteiger partial charge in [0.1, 0.15) is 5.75 Å². The highest BCUT2D eigenvalue weighted by Gasteiger charge is 2.30. The number of carbonyl (C=O) groups is 2. The molecule has 0 radical (unpaired) electrons. The molecule has 210 valence electrons. The van der Waals surface area contributed by atoms with E-state index in [1.807, 2.05) is 29.7 Å². The summed E-state index contributed by atoms with van der Waals surface area (Å²) in [5.74, 6) is 0.225. The SMILES string of the molecule is CCOCCn1c(=NC(=O)c2ccc(S(=O)(=O)N3CCN(C(=O)OCC)CC3)cc2)sc2cc(OC)ccc21. The van der Waals surface area contributed by atoms with Crippen LogP contribution in [0.2, 0.25) is 0 Å². The number of amides is 2. The number of thiazole rings is 1. The minimum absolute atomic E-state index is 0.0735. The first-order valence-electron chi connectivity index (χ1n) is 12.6. The molecule has 4 rings (SSSR count). The van der Waals surface area contributed by atoms with E-state index in [0.29, 0.717) is 30.3 Å². The lowest BCUT2D eigenvalue weighted by molar-refractivity contribution is 0.0933. The molecule has 0 unspecified atom stereocenters. The van der Waals surface area contributed by atoms with Gasteiger partial charge in [0.15, 0.2) is 4.80 Å². The van der Waals surface area contributed by atoms with Crippen LogP contribution in [0.15, 0.2) is 52.4 Å². The van der Waals surface area contributed by atoms with Gasteiger partial charge in [-0.3, -0.25) is 4.79 Å². The first kappa shape index (κ1) is 28.7. The van der Waals surface area contributed by atoms with Crippen LogP contribution in [0.5, 0.6) is 5.75 Å². The largest absolute Gasteiger partial charge is 0.497 e. The van der Waals surface area contributed by atoms with Crippen molar-refractivity contribution in [1.29, 1.82) is 0 Å². The number of ether oxygens (including phenoxy) is 3. The van der Waals surface area contributed by atoms with Crippen molar-refractivity contribution in [3.05, 3.63) is 52.8 Å². The Morgan fingerprint density at radius 1 is 1.00 bits per heavy atom. The average molecular weight is 577 g/mol. The van der Waals surface area contributed by atoms with Gasteiger partial charge in [-0.15, -0.1) is 0 Å². The number of hydrogen-bond acceptors (Lipinski definition) is 8. The van der Waals surface area contributed by atoms with Crippen molar-refractivity contribution >= 4 is 43.6 Å². The second-order valence-corrected chi connectivity index (χ2v) is 11.5. The molecule has 2 aromatic carbocycles. The Hall–Kier alpha value is -3.26. The van der Waals surface area contributed by atoms with Gasteiger partial charge in [0, 0.05) is 44.9 Å². The van der Waals surface area contributed by atoms with Gasteiger partial charge in [-0.25, -0.2) is 13.2 Å². The minimum Gasteiger partial charge on any atom is -0.497 e. The summed E-state index contributed by atoms with van der Waals surface area (Å²) in [5, 5.41) is 0. The zero-order valence-electron chi connectivity index (χ0n) is 22.2. The van der Waals surface area contributed by atoms with Gasteiger partial charge in [-0.1, -0.05) is 11.3 Å². The highest BCUT2D eigenvalue weighted by atomic mass is 32.2. The van der Waals surface area contributed by atoms with E-state index >= 15 is 0 Å². The molecule has 0 spiro atoms. The van der Waals surface area contributed by atoms with E-state index in [4.69, 9.17) is 14.2 Å². The van der Waals surface area contributed by atoms with Gasteiger partial charge in [0.25, 0.3) is 5.91 Å². The van der Waals surface area contributed by atoms with Crippen molar-refractivity contribution in [3.8, 4) is 5.75 Å². The van der Waals surface area contributed by atoms with E-state index in [0.717, 1.165) is 10.2 Å². The molecule has 1 aliphatic heterocycles. The Labute approximate surface area is 231 Å². The maximum atomic E-state index is 13.1. The van der Waals surface area contributed by atoms with Gasteiger partial charge in [-0.05, 0) is 56.3 Å². The fourth-order valence-corrected chi connectivity index (χ4v) is 6.68. The Morgan fingerprint density at radius 2 is 1.72 bits per heavy atom. The Bertz CT molecular complexity index is 1490. The predicted molar refractivity (Wildman–Crippen MR) is 147 cm³/mol. The maximum absolute atomic E-state index is 13.1. The van der Waals surface area contributed by atoms with Crippen LogP contribution >= 0.6 is 11.3 Å². The van der Waals surface area contributed by atoms with Crippen molar-refractivity contribution in [1.82, 2.24) is 13.8 Å². The fraction of sp³-hybridized carbons (Fsp3) is 0.423. The van der Waals surface area contributed by atoms with Crippen LogP contribution in [0.1, 0.15) is 24.2 Å². The van der Waals surface area contributed by atoms with Crippen molar-refractivity contribution < 1.29 is 32.2 Å². The van der Waals surface area contributed by atoms with E-state index in [9.17, 15) is 18.0 Å². The number of sulfonamides is 1. The van der Waals surface area contributed by atoms with E-state index in [1.54, 1.807) is 14.0 Å². The average Bonchev–Trinajstić information content (AvgIpc) is 3.29. The number of methoxy groups -OCH3 is 1. The summed E-state index contributed by atoms with van der Waals surface area (Å²) in [5.41, 5.74) is 1.18. The zero-order valence-corrected chi connectivity index (χ0v) is 23.8. The van der Waals surface area contributed by atoms with Gasteiger partial charge in [-0.2, -0.15) is 9.30 Å². The van der Waals surface area contributed by atoms with Crippen molar-refractivity contribution in [3.63, 3.8) is 0 Å². The molecule has 1 saturated heterocycles. The monoisotopic (exact) mass is 576 g/mol. The topological polar surface area (TPSA) is 120 Å². The van der Waals surface area contributed by atoms with E-state index < -0.39 is 22.0 Å². The molecule has 0 atom stereocenters. The van der Waals surface area contributed by atoms with Crippen LogP contribution in [0.25, 0.3) is 10.2 Å². The lowest BCUT2D eigenvalue weighted by Gasteiger charge is -2.33. The molecule has 0 saturated carbocycles. The third-order valence-electron chi connectivity index (χ3n) is 6.25. The molecule has 11 nitrogen and oxygen atoms in total. The number of rotatable bonds is 9. The highest BCUT2D eigenvalue weighted by Crippen LogP contribution is 2.24. The summed E-state index contributed by atoms with van der Waals surface area (Å²) in [6.07, 6.45) is -0.446. The second-order valence-electron chi connectivity index (χ2n) is 8.60. The highest BCUT2D eigenvalue weighted by molar-refractivity contribution is 7.89. The number of benzene rings is 2. The zero-order chi connectivity index (χ0) is 28.0. The molecule has 2 heterocycles. The quantitative estimate of drug-likeness (QED) is 0.359. The van der Waals surface area contributed by atoms with E-state index in [1.165, 1.54) is 44.8 Å². The molecule has 0 bridgehead atoms. The maximum Gasteiger partial charge on any atom is 0.409 e. The normalized spacial score (nSPS) is 15.1. The Balaban J connectivity index is 1.54. The first-order chi connectivity index (χ1) is 18.8. The molecule has 0 N–H and O–H groups in total. The molecule has 39 heavy (non-hydrogen) atoms. The van der Waals surface area contributed by atoms with Crippen LogP contribution in [0, 0.1) is 0 Å². The third kappa shape index (κ3) is 6.49. The summed E-state index contributed by atoms with van der Waals surface area (Å²) in [6.45, 7) is 6.30. The van der Waals surface area contributed by atoms with Crippen LogP contribution in [-0.2, 0) is 26.0 Å². The van der Waals surface area contributed by atoms with E-state index in [2.05, 4.69) is 4.99 Å². The van der Waals surface area contributed by atoms with Crippen LogP contribution < -0.4 is 9.54 Å². The summed E-state index contributed by atoms with van der Waals surface area (Å²) >= 11 is 1.37. The number of piperazine rings is 1. The van der Waals surface area contributed by atoms with Gasteiger partial charge in [0.05, 0.1) is 35.4 Å². The first-order valence-corrected chi connectivity index (χ1v) is 14.9. The molecule has 13 heteroatoms. The third-order valence-corrected chi connectivity index (χ3v) is 9.21. The lowest BCUT2D eigenvalue weighted by atomic mass is 10.2. The number of hydrogen-bond donors (Lipinski definition) is 0. The summed E-state index contributed by atoms with van der Waals surface area (Å²) in [7, 11) is -2.19. The Morgan fingerprint density at radius 3 is 2.36 bits per heavy atom. The molecular weight excluding hydrogens is 544 g/mol. The van der Waals surface area contributed by atoms with Crippen LogP contribution in [-0.4, -0.2) is 87.3 Å². The Kier molecular flexibility index (Phi) is 9.38. The molecule has 2 amide bonds. The van der Waals surface area contributed by atoms with Gasteiger partial charge in [0.2, 0.25) is 10.0 Å². The number of fused-ring (bicyclic) bond motifs is 1. The number of nitrogens with zero attached hydrogens (tertiary/aromatic N) is 4. The van der Waals surface area contributed by atoms with E-state index in [-0.39, 0.29) is 43.2 Å². The molecule has 1 aromatic heterocycles. The second kappa shape index (κ2) is 12.7. The van der Waals surface area contributed by atoms with Gasteiger partial charge < -0.3 is 23.7 Å². The molecule has 1 fully saturated rings. The van der Waals surface area contributed by atoms with Gasteiger partial charge >= 0.3 is 6.09 Å². The summed E-state index contributed by atoms with van der Waals surface area (Å²) < 4.78 is 46.3. The predicted octanol–water partition coefficient (Wildman–Crippen LogP) is 2.95. The van der Waals surface area contributed by atoms with Crippen LogP contribution in [0.4, 0.5) is 4.79 Å². The minimum atomic E-state index is -3.78.